The van der Waals surface area contributed by atoms with Crippen molar-refractivity contribution >= 4 is 5.69 Å². The Balaban J connectivity index is 1.96. The van der Waals surface area contributed by atoms with Gasteiger partial charge in [-0.05, 0) is 43.7 Å². The van der Waals surface area contributed by atoms with Crippen molar-refractivity contribution in [1.29, 1.82) is 0 Å². The molecule has 0 spiro atoms. The maximum atomic E-state index is 12.5. The molecule has 0 aliphatic rings. The Bertz CT molecular complexity index is 912. The predicted octanol–water partition coefficient (Wildman–Crippen LogP) is 4.29. The van der Waals surface area contributed by atoms with Crippen molar-refractivity contribution in [3.05, 3.63) is 42.0 Å². The lowest BCUT2D eigenvalue weighted by atomic mass is 10.1. The summed E-state index contributed by atoms with van der Waals surface area (Å²) in [6.45, 7) is 0.957. The summed E-state index contributed by atoms with van der Waals surface area (Å²) in [7, 11) is 0. The van der Waals surface area contributed by atoms with Crippen LogP contribution >= 0.6 is 0 Å². The van der Waals surface area contributed by atoms with Crippen LogP contribution in [-0.2, 0) is 0 Å². The van der Waals surface area contributed by atoms with Crippen molar-refractivity contribution in [3.8, 4) is 34.3 Å². The molecule has 0 bridgehead atoms. The summed E-state index contributed by atoms with van der Waals surface area (Å²) in [5.41, 5.74) is 8.65. The van der Waals surface area contributed by atoms with Crippen LogP contribution in [0.2, 0.25) is 0 Å². The Labute approximate surface area is 148 Å². The molecule has 0 amide bonds. The normalized spacial score (nSPS) is 11.0. The van der Waals surface area contributed by atoms with Gasteiger partial charge in [0.2, 0.25) is 5.82 Å². The molecule has 0 atom stereocenters. The van der Waals surface area contributed by atoms with E-state index in [4.69, 9.17) is 15.0 Å². The molecule has 0 unspecified atom stereocenters. The smallest absolute Gasteiger partial charge is 0.387 e. The number of ether oxygens (including phenoxy) is 2. The Kier molecular flexibility index (Phi) is 5.01. The first-order valence-corrected chi connectivity index (χ1v) is 7.90. The first-order valence-electron chi connectivity index (χ1n) is 7.90. The zero-order valence-electron chi connectivity index (χ0n) is 14.2. The van der Waals surface area contributed by atoms with Gasteiger partial charge in [-0.15, -0.1) is 0 Å². The van der Waals surface area contributed by atoms with E-state index in [1.807, 2.05) is 13.0 Å². The van der Waals surface area contributed by atoms with Crippen molar-refractivity contribution in [2.45, 2.75) is 20.5 Å². The van der Waals surface area contributed by atoms with Crippen LogP contribution in [0.1, 0.15) is 12.5 Å². The van der Waals surface area contributed by atoms with Gasteiger partial charge in [-0.1, -0.05) is 17.3 Å². The molecule has 0 radical (unpaired) electrons. The molecule has 26 heavy (non-hydrogen) atoms. The van der Waals surface area contributed by atoms with E-state index in [2.05, 4.69) is 14.9 Å². The van der Waals surface area contributed by atoms with E-state index in [9.17, 15) is 8.78 Å². The van der Waals surface area contributed by atoms with E-state index < -0.39 is 6.61 Å². The van der Waals surface area contributed by atoms with Gasteiger partial charge < -0.3 is 19.7 Å². The van der Waals surface area contributed by atoms with Crippen molar-refractivity contribution in [3.63, 3.8) is 0 Å². The van der Waals surface area contributed by atoms with Crippen molar-refractivity contribution in [2.24, 2.45) is 0 Å². The maximum Gasteiger partial charge on any atom is 0.387 e. The Hall–Kier alpha value is -3.16. The molecule has 136 valence electrons. The number of rotatable bonds is 6. The number of aromatic nitrogens is 2. The minimum Gasteiger partial charge on any atom is -0.490 e. The second-order valence-electron chi connectivity index (χ2n) is 5.42. The van der Waals surface area contributed by atoms with Crippen LogP contribution < -0.4 is 15.2 Å². The van der Waals surface area contributed by atoms with E-state index >= 15 is 0 Å². The number of alkyl halides is 2. The molecule has 0 aliphatic heterocycles. The molecular formula is C18H17F2N3O3. The maximum absolute atomic E-state index is 12.5. The highest BCUT2D eigenvalue weighted by Crippen LogP contribution is 2.34. The van der Waals surface area contributed by atoms with Gasteiger partial charge in [-0.2, -0.15) is 13.8 Å². The molecule has 1 aromatic heterocycles. The Morgan fingerprint density at radius 1 is 1.19 bits per heavy atom. The van der Waals surface area contributed by atoms with E-state index in [0.717, 1.165) is 11.1 Å². The molecule has 0 fully saturated rings. The molecule has 1 heterocycles. The van der Waals surface area contributed by atoms with E-state index in [0.29, 0.717) is 23.7 Å². The molecule has 0 aliphatic carbocycles. The van der Waals surface area contributed by atoms with Gasteiger partial charge in [-0.3, -0.25) is 0 Å². The number of halogens is 2. The number of nitrogens with zero attached hydrogens (tertiary/aromatic N) is 2. The zero-order chi connectivity index (χ0) is 18.7. The lowest BCUT2D eigenvalue weighted by Crippen LogP contribution is -2.04. The number of benzene rings is 2. The standard InChI is InChI=1S/C18H17F2N3O3/c1-3-24-15-9-11(7-8-14(15)25-18(19)20)17-22-16(23-26-17)12-5-4-6-13(21)10(12)2/h4-9,18H,3,21H2,1-2H3. The van der Waals surface area contributed by atoms with Crippen LogP contribution in [-0.4, -0.2) is 23.4 Å². The molecule has 2 N–H and O–H groups in total. The third kappa shape index (κ3) is 3.58. The predicted molar refractivity (Wildman–Crippen MR) is 92.1 cm³/mol. The molecule has 2 aromatic carbocycles. The molecule has 3 rings (SSSR count). The summed E-state index contributed by atoms with van der Waals surface area (Å²) in [6, 6.07) is 9.87. The lowest BCUT2D eigenvalue weighted by Gasteiger charge is -2.11. The van der Waals surface area contributed by atoms with Gasteiger partial charge in [0.25, 0.3) is 5.89 Å². The van der Waals surface area contributed by atoms with Gasteiger partial charge in [0.1, 0.15) is 0 Å². The molecule has 0 saturated carbocycles. The summed E-state index contributed by atoms with van der Waals surface area (Å²) in [5.74, 6) is 0.726. The highest BCUT2D eigenvalue weighted by molar-refractivity contribution is 5.69. The van der Waals surface area contributed by atoms with Crippen molar-refractivity contribution < 1.29 is 22.8 Å². The Morgan fingerprint density at radius 2 is 2.00 bits per heavy atom. The summed E-state index contributed by atoms with van der Waals surface area (Å²) in [5, 5.41) is 3.98. The monoisotopic (exact) mass is 361 g/mol. The van der Waals surface area contributed by atoms with Crippen molar-refractivity contribution in [1.82, 2.24) is 10.1 Å². The second kappa shape index (κ2) is 7.38. The fraction of sp³-hybridized carbons (Fsp3) is 0.222. The largest absolute Gasteiger partial charge is 0.490 e. The number of nitrogen functional groups attached to an aromatic ring is 1. The summed E-state index contributed by atoms with van der Waals surface area (Å²) in [6.07, 6.45) is 0. The average Bonchev–Trinajstić information content (AvgIpc) is 3.08. The van der Waals surface area contributed by atoms with Gasteiger partial charge in [0.05, 0.1) is 6.61 Å². The van der Waals surface area contributed by atoms with E-state index in [1.165, 1.54) is 12.1 Å². The van der Waals surface area contributed by atoms with Gasteiger partial charge in [0.15, 0.2) is 11.5 Å². The minimum atomic E-state index is -2.94. The topological polar surface area (TPSA) is 83.4 Å². The van der Waals surface area contributed by atoms with Crippen molar-refractivity contribution in [2.75, 3.05) is 12.3 Å². The summed E-state index contributed by atoms with van der Waals surface area (Å²) < 4.78 is 40.1. The third-order valence-electron chi connectivity index (χ3n) is 3.75. The number of hydrogen-bond acceptors (Lipinski definition) is 6. The van der Waals surface area contributed by atoms with Crippen LogP contribution in [0.3, 0.4) is 0 Å². The SMILES string of the molecule is CCOc1cc(-c2nc(-c3cccc(N)c3C)no2)ccc1OC(F)F. The molecule has 6 nitrogen and oxygen atoms in total. The van der Waals surface area contributed by atoms with E-state index in [1.54, 1.807) is 25.1 Å². The number of nitrogens with two attached hydrogens (primary N) is 1. The van der Waals surface area contributed by atoms with Crippen LogP contribution in [0, 0.1) is 6.92 Å². The number of hydrogen-bond donors (Lipinski definition) is 1. The fourth-order valence-corrected chi connectivity index (χ4v) is 2.45. The number of anilines is 1. The highest BCUT2D eigenvalue weighted by Gasteiger charge is 2.17. The third-order valence-corrected chi connectivity index (χ3v) is 3.75. The van der Waals surface area contributed by atoms with Crippen LogP contribution in [0.15, 0.2) is 40.9 Å². The molecule has 8 heteroatoms. The second-order valence-corrected chi connectivity index (χ2v) is 5.42. The van der Waals surface area contributed by atoms with Crippen LogP contribution in [0.5, 0.6) is 11.5 Å². The quantitative estimate of drug-likeness (QED) is 0.659. The molecule has 3 aromatic rings. The summed E-state index contributed by atoms with van der Waals surface area (Å²) in [4.78, 5) is 4.37. The highest BCUT2D eigenvalue weighted by atomic mass is 19.3. The first kappa shape index (κ1) is 17.7. The zero-order valence-corrected chi connectivity index (χ0v) is 14.2. The van der Waals surface area contributed by atoms with Gasteiger partial charge in [0, 0.05) is 16.8 Å². The first-order chi connectivity index (χ1) is 12.5. The fourth-order valence-electron chi connectivity index (χ4n) is 2.45. The summed E-state index contributed by atoms with van der Waals surface area (Å²) >= 11 is 0. The van der Waals surface area contributed by atoms with Crippen LogP contribution in [0.4, 0.5) is 14.5 Å². The Morgan fingerprint density at radius 3 is 2.73 bits per heavy atom. The van der Waals surface area contributed by atoms with Gasteiger partial charge in [-0.25, -0.2) is 0 Å². The molecule has 0 saturated heterocycles. The van der Waals surface area contributed by atoms with Crippen LogP contribution in [0.25, 0.3) is 22.8 Å². The molecular weight excluding hydrogens is 344 g/mol. The van der Waals surface area contributed by atoms with Gasteiger partial charge >= 0.3 is 6.61 Å². The van der Waals surface area contributed by atoms with E-state index in [-0.39, 0.29) is 17.4 Å². The lowest BCUT2D eigenvalue weighted by molar-refractivity contribution is -0.0514. The average molecular weight is 361 g/mol. The minimum absolute atomic E-state index is 0.0583.